The van der Waals surface area contributed by atoms with Crippen LogP contribution in [0.3, 0.4) is 0 Å². The van der Waals surface area contributed by atoms with Gasteiger partial charge in [-0.1, -0.05) is 20.8 Å². The topological polar surface area (TPSA) is 67.4 Å². The van der Waals surface area contributed by atoms with Crippen molar-refractivity contribution in [3.63, 3.8) is 0 Å². The number of carbonyl (C=O) groups excluding carboxylic acids is 2. The Balaban J connectivity index is 2.38. The first-order valence-electron chi connectivity index (χ1n) is 7.31. The molecule has 20 heavy (non-hydrogen) atoms. The van der Waals surface area contributed by atoms with Gasteiger partial charge in [-0.05, 0) is 38.5 Å². The van der Waals surface area contributed by atoms with Crippen LogP contribution in [-0.2, 0) is 14.3 Å². The van der Waals surface area contributed by atoms with Gasteiger partial charge in [-0.15, -0.1) is 0 Å². The van der Waals surface area contributed by atoms with Crippen LogP contribution in [0, 0.1) is 5.41 Å². The van der Waals surface area contributed by atoms with Crippen LogP contribution in [0.15, 0.2) is 0 Å². The minimum absolute atomic E-state index is 0.0503. The molecule has 1 saturated heterocycles. The van der Waals surface area contributed by atoms with Crippen molar-refractivity contribution in [2.45, 2.75) is 65.5 Å². The van der Waals surface area contributed by atoms with Crippen LogP contribution in [0.25, 0.3) is 0 Å². The molecule has 5 nitrogen and oxygen atoms in total. The maximum atomic E-state index is 11.9. The SMILES string of the molecule is CC(C)(C)CC(C)(C)NC(=O)C(=O)NCC1CCCO1. The molecular formula is C15H28N2O3. The van der Waals surface area contributed by atoms with E-state index in [0.717, 1.165) is 25.9 Å². The smallest absolute Gasteiger partial charge is 0.309 e. The van der Waals surface area contributed by atoms with E-state index in [4.69, 9.17) is 4.74 Å². The van der Waals surface area contributed by atoms with Gasteiger partial charge < -0.3 is 15.4 Å². The van der Waals surface area contributed by atoms with Crippen molar-refractivity contribution in [3.8, 4) is 0 Å². The Morgan fingerprint density at radius 1 is 1.15 bits per heavy atom. The molecule has 1 atom stereocenters. The maximum absolute atomic E-state index is 11.9. The predicted molar refractivity (Wildman–Crippen MR) is 78.3 cm³/mol. The van der Waals surface area contributed by atoms with Gasteiger partial charge in [0.15, 0.2) is 0 Å². The number of ether oxygens (including phenoxy) is 1. The van der Waals surface area contributed by atoms with Crippen LogP contribution in [0.2, 0.25) is 0 Å². The number of amides is 2. The zero-order valence-corrected chi connectivity index (χ0v) is 13.3. The van der Waals surface area contributed by atoms with E-state index >= 15 is 0 Å². The highest BCUT2D eigenvalue weighted by molar-refractivity contribution is 6.35. The summed E-state index contributed by atoms with van der Waals surface area (Å²) in [6.45, 7) is 11.3. The van der Waals surface area contributed by atoms with E-state index in [1.807, 2.05) is 13.8 Å². The first-order chi connectivity index (χ1) is 9.09. The standard InChI is InChI=1S/C15H28N2O3/c1-14(2,3)10-15(4,5)17-13(19)12(18)16-9-11-7-6-8-20-11/h11H,6-10H2,1-5H3,(H,16,18)(H,17,19). The normalized spacial score (nSPS) is 19.8. The number of hydrogen-bond acceptors (Lipinski definition) is 3. The third-order valence-electron chi connectivity index (χ3n) is 3.14. The van der Waals surface area contributed by atoms with Crippen LogP contribution < -0.4 is 10.6 Å². The first kappa shape index (κ1) is 17.0. The Morgan fingerprint density at radius 3 is 2.30 bits per heavy atom. The summed E-state index contributed by atoms with van der Waals surface area (Å²) in [5, 5.41) is 5.43. The molecular weight excluding hydrogens is 256 g/mol. The number of rotatable bonds is 4. The molecule has 0 bridgehead atoms. The van der Waals surface area contributed by atoms with Crippen molar-refractivity contribution in [1.29, 1.82) is 0 Å². The molecule has 1 fully saturated rings. The first-order valence-corrected chi connectivity index (χ1v) is 7.31. The summed E-state index contributed by atoms with van der Waals surface area (Å²) in [5.74, 6) is -1.15. The molecule has 0 aromatic heterocycles. The summed E-state index contributed by atoms with van der Waals surface area (Å²) >= 11 is 0. The fourth-order valence-corrected chi connectivity index (χ4v) is 2.83. The van der Waals surface area contributed by atoms with E-state index in [2.05, 4.69) is 31.4 Å². The molecule has 116 valence electrons. The molecule has 0 radical (unpaired) electrons. The molecule has 0 spiro atoms. The Bertz CT molecular complexity index is 353. The minimum atomic E-state index is -0.581. The lowest BCUT2D eigenvalue weighted by atomic mass is 9.82. The van der Waals surface area contributed by atoms with Gasteiger partial charge in [-0.25, -0.2) is 0 Å². The third-order valence-corrected chi connectivity index (χ3v) is 3.14. The summed E-state index contributed by atoms with van der Waals surface area (Å²) in [4.78, 5) is 23.6. The molecule has 0 saturated carbocycles. The third kappa shape index (κ3) is 6.37. The van der Waals surface area contributed by atoms with Crippen LogP contribution in [0.1, 0.15) is 53.9 Å². The lowest BCUT2D eigenvalue weighted by Crippen LogP contribution is -2.51. The van der Waals surface area contributed by atoms with Crippen molar-refractivity contribution in [2.24, 2.45) is 5.41 Å². The Morgan fingerprint density at radius 2 is 1.80 bits per heavy atom. The average molecular weight is 284 g/mol. The zero-order chi connectivity index (χ0) is 15.4. The molecule has 1 aliphatic heterocycles. The highest BCUT2D eigenvalue weighted by Gasteiger charge is 2.29. The monoisotopic (exact) mass is 284 g/mol. The fourth-order valence-electron chi connectivity index (χ4n) is 2.83. The molecule has 2 N–H and O–H groups in total. The Labute approximate surface area is 121 Å². The van der Waals surface area contributed by atoms with Crippen molar-refractivity contribution in [1.82, 2.24) is 10.6 Å². The summed E-state index contributed by atoms with van der Waals surface area (Å²) in [6, 6.07) is 0. The summed E-state index contributed by atoms with van der Waals surface area (Å²) < 4.78 is 5.40. The largest absolute Gasteiger partial charge is 0.376 e. The number of carbonyl (C=O) groups is 2. The maximum Gasteiger partial charge on any atom is 0.309 e. The van der Waals surface area contributed by atoms with E-state index in [9.17, 15) is 9.59 Å². The molecule has 0 aromatic rings. The van der Waals surface area contributed by atoms with Crippen LogP contribution in [-0.4, -0.2) is 36.6 Å². The lowest BCUT2D eigenvalue weighted by molar-refractivity contribution is -0.140. The quantitative estimate of drug-likeness (QED) is 0.771. The Hall–Kier alpha value is -1.10. The fraction of sp³-hybridized carbons (Fsp3) is 0.867. The van der Waals surface area contributed by atoms with E-state index in [-0.39, 0.29) is 11.5 Å². The lowest BCUT2D eigenvalue weighted by Gasteiger charge is -2.33. The van der Waals surface area contributed by atoms with Crippen molar-refractivity contribution in [2.75, 3.05) is 13.2 Å². The van der Waals surface area contributed by atoms with E-state index < -0.39 is 17.4 Å². The van der Waals surface area contributed by atoms with Gasteiger partial charge in [0.2, 0.25) is 0 Å². The zero-order valence-electron chi connectivity index (χ0n) is 13.3. The molecule has 1 heterocycles. The van der Waals surface area contributed by atoms with Gasteiger partial charge in [0.05, 0.1) is 6.10 Å². The molecule has 5 heteroatoms. The molecule has 1 rings (SSSR count). The summed E-state index contributed by atoms with van der Waals surface area (Å²) in [7, 11) is 0. The summed E-state index contributed by atoms with van der Waals surface area (Å²) in [6.07, 6.45) is 2.81. The van der Waals surface area contributed by atoms with Crippen LogP contribution in [0.5, 0.6) is 0 Å². The Kier molecular flexibility index (Phi) is 5.57. The second kappa shape index (κ2) is 6.57. The van der Waals surface area contributed by atoms with Crippen LogP contribution in [0.4, 0.5) is 0 Å². The highest BCUT2D eigenvalue weighted by Crippen LogP contribution is 2.26. The molecule has 1 unspecified atom stereocenters. The predicted octanol–water partition coefficient (Wildman–Crippen LogP) is 1.61. The second-order valence-corrected chi connectivity index (χ2v) is 7.42. The van der Waals surface area contributed by atoms with Crippen LogP contribution >= 0.6 is 0 Å². The van der Waals surface area contributed by atoms with Gasteiger partial charge >= 0.3 is 11.8 Å². The number of hydrogen-bond donors (Lipinski definition) is 2. The van der Waals surface area contributed by atoms with E-state index in [0.29, 0.717) is 6.54 Å². The highest BCUT2D eigenvalue weighted by atomic mass is 16.5. The molecule has 0 aliphatic carbocycles. The van der Waals surface area contributed by atoms with Gasteiger partial charge in [-0.2, -0.15) is 0 Å². The van der Waals surface area contributed by atoms with Crippen molar-refractivity contribution < 1.29 is 14.3 Å². The van der Waals surface area contributed by atoms with Gasteiger partial charge in [0.25, 0.3) is 0 Å². The number of nitrogens with one attached hydrogen (secondary N) is 2. The van der Waals surface area contributed by atoms with E-state index in [1.54, 1.807) is 0 Å². The van der Waals surface area contributed by atoms with Crippen molar-refractivity contribution in [3.05, 3.63) is 0 Å². The van der Waals surface area contributed by atoms with E-state index in [1.165, 1.54) is 0 Å². The molecule has 2 amide bonds. The average Bonchev–Trinajstić information content (AvgIpc) is 2.74. The van der Waals surface area contributed by atoms with Crippen molar-refractivity contribution >= 4 is 11.8 Å². The molecule has 0 aromatic carbocycles. The van der Waals surface area contributed by atoms with Gasteiger partial charge in [0.1, 0.15) is 0 Å². The van der Waals surface area contributed by atoms with Gasteiger partial charge in [-0.3, -0.25) is 9.59 Å². The summed E-state index contributed by atoms with van der Waals surface area (Å²) in [5.41, 5.74) is -0.318. The minimum Gasteiger partial charge on any atom is -0.376 e. The van der Waals surface area contributed by atoms with Gasteiger partial charge in [0, 0.05) is 18.7 Å². The molecule has 1 aliphatic rings. The second-order valence-electron chi connectivity index (χ2n) is 7.42.